The van der Waals surface area contributed by atoms with Crippen LogP contribution in [0.1, 0.15) is 17.7 Å². The highest BCUT2D eigenvalue weighted by molar-refractivity contribution is 7.91. The average Bonchev–Trinajstić information content (AvgIpc) is 2.95. The first-order chi connectivity index (χ1) is 8.53. The smallest absolute Gasteiger partial charge is 0.250 e. The summed E-state index contributed by atoms with van der Waals surface area (Å²) in [5.74, 6) is 0. The zero-order chi connectivity index (χ0) is 13.2. The molecule has 0 aliphatic carbocycles. The van der Waals surface area contributed by atoms with Gasteiger partial charge in [0.2, 0.25) is 10.0 Å². The highest BCUT2D eigenvalue weighted by Gasteiger charge is 2.24. The molecule has 1 aromatic heterocycles. The molecule has 0 spiro atoms. The summed E-state index contributed by atoms with van der Waals surface area (Å²) in [6, 6.07) is 3.70. The molecule has 1 aliphatic rings. The van der Waals surface area contributed by atoms with Crippen molar-refractivity contribution in [2.45, 2.75) is 29.6 Å². The van der Waals surface area contributed by atoms with E-state index in [1.54, 1.807) is 12.1 Å². The molecule has 1 fully saturated rings. The summed E-state index contributed by atoms with van der Waals surface area (Å²) < 4.78 is 27.2. The molecular weight excluding hydrogens is 270 g/mol. The van der Waals surface area contributed by atoms with Crippen LogP contribution in [0, 0.1) is 0 Å². The molecule has 1 saturated heterocycles. The molecule has 2 rings (SSSR count). The van der Waals surface area contributed by atoms with Gasteiger partial charge < -0.3 is 10.6 Å². The molecule has 0 radical (unpaired) electrons. The largest absolute Gasteiger partial charge is 0.326 e. The maximum atomic E-state index is 12.1. The Morgan fingerprint density at radius 2 is 2.33 bits per heavy atom. The highest BCUT2D eigenvalue weighted by atomic mass is 32.2. The Morgan fingerprint density at radius 3 is 2.89 bits per heavy atom. The lowest BCUT2D eigenvalue weighted by atomic mass is 10.2. The fourth-order valence-corrected chi connectivity index (χ4v) is 4.48. The van der Waals surface area contributed by atoms with E-state index in [1.165, 1.54) is 11.3 Å². The molecule has 5 nitrogen and oxygen atoms in total. The summed E-state index contributed by atoms with van der Waals surface area (Å²) in [5.41, 5.74) is 5.49. The number of nitrogens with two attached hydrogens (primary N) is 1. The Hall–Kier alpha value is -0.470. The van der Waals surface area contributed by atoms with Crippen molar-refractivity contribution in [3.05, 3.63) is 17.0 Å². The summed E-state index contributed by atoms with van der Waals surface area (Å²) >= 11 is 1.23. The van der Waals surface area contributed by atoms with Crippen LogP contribution in [0.4, 0.5) is 0 Å². The number of likely N-dealkylation sites (tertiary alicyclic amines) is 1. The normalized spacial score (nSPS) is 21.6. The third-order valence-electron chi connectivity index (χ3n) is 3.28. The first kappa shape index (κ1) is 14.0. The van der Waals surface area contributed by atoms with Crippen LogP contribution >= 0.6 is 11.3 Å². The number of hydrogen-bond donors (Lipinski definition) is 2. The van der Waals surface area contributed by atoms with Gasteiger partial charge in [-0.2, -0.15) is 0 Å². The third-order valence-corrected chi connectivity index (χ3v) is 6.31. The van der Waals surface area contributed by atoms with Crippen molar-refractivity contribution in [3.8, 4) is 0 Å². The van der Waals surface area contributed by atoms with Gasteiger partial charge in [0.15, 0.2) is 0 Å². The predicted molar refractivity (Wildman–Crippen MR) is 73.1 cm³/mol. The number of sulfonamides is 1. The van der Waals surface area contributed by atoms with E-state index in [0.717, 1.165) is 24.3 Å². The number of thiophene rings is 1. The molecule has 0 bridgehead atoms. The topological polar surface area (TPSA) is 75.4 Å². The van der Waals surface area contributed by atoms with Gasteiger partial charge in [-0.3, -0.25) is 0 Å². The van der Waals surface area contributed by atoms with E-state index in [4.69, 9.17) is 5.73 Å². The van der Waals surface area contributed by atoms with Gasteiger partial charge in [0, 0.05) is 24.0 Å². The molecule has 0 aromatic carbocycles. The van der Waals surface area contributed by atoms with Gasteiger partial charge in [-0.05, 0) is 38.6 Å². The summed E-state index contributed by atoms with van der Waals surface area (Å²) in [7, 11) is -1.34. The molecule has 18 heavy (non-hydrogen) atoms. The maximum Gasteiger partial charge on any atom is 0.250 e. The lowest BCUT2D eigenvalue weighted by Gasteiger charge is -2.19. The van der Waals surface area contributed by atoms with Crippen LogP contribution in [0.15, 0.2) is 16.3 Å². The van der Waals surface area contributed by atoms with Gasteiger partial charge in [0.1, 0.15) is 4.21 Å². The van der Waals surface area contributed by atoms with Gasteiger partial charge in [0.05, 0.1) is 0 Å². The fourth-order valence-electron chi connectivity index (χ4n) is 2.13. The van der Waals surface area contributed by atoms with Crippen LogP contribution in [0.3, 0.4) is 0 Å². The van der Waals surface area contributed by atoms with Crippen molar-refractivity contribution < 1.29 is 8.42 Å². The van der Waals surface area contributed by atoms with Crippen molar-refractivity contribution in [2.24, 2.45) is 5.73 Å². The number of nitrogens with zero attached hydrogens (tertiary/aromatic N) is 1. The van der Waals surface area contributed by atoms with Crippen LogP contribution in [0.2, 0.25) is 0 Å². The first-order valence-electron chi connectivity index (χ1n) is 6.01. The lowest BCUT2D eigenvalue weighted by molar-refractivity contribution is 0.311. The first-order valence-corrected chi connectivity index (χ1v) is 8.31. The maximum absolute atomic E-state index is 12.1. The Morgan fingerprint density at radius 1 is 1.56 bits per heavy atom. The van der Waals surface area contributed by atoms with E-state index < -0.39 is 10.0 Å². The highest BCUT2D eigenvalue weighted by Crippen LogP contribution is 2.21. The van der Waals surface area contributed by atoms with E-state index in [0.29, 0.717) is 23.3 Å². The third kappa shape index (κ3) is 3.10. The second-order valence-corrected chi connectivity index (χ2v) is 7.72. The van der Waals surface area contributed by atoms with Crippen molar-refractivity contribution in [1.29, 1.82) is 0 Å². The minimum Gasteiger partial charge on any atom is -0.326 e. The van der Waals surface area contributed by atoms with Crippen LogP contribution in [0.5, 0.6) is 0 Å². The Bertz CT molecular complexity index is 498. The molecule has 102 valence electrons. The van der Waals surface area contributed by atoms with Gasteiger partial charge in [-0.15, -0.1) is 11.3 Å². The van der Waals surface area contributed by atoms with Gasteiger partial charge >= 0.3 is 0 Å². The van der Waals surface area contributed by atoms with Crippen molar-refractivity contribution in [1.82, 2.24) is 9.62 Å². The van der Waals surface area contributed by atoms with Crippen molar-refractivity contribution in [2.75, 3.05) is 20.1 Å². The van der Waals surface area contributed by atoms with Crippen LogP contribution in [0.25, 0.3) is 0 Å². The van der Waals surface area contributed by atoms with Crippen LogP contribution < -0.4 is 10.5 Å². The molecule has 0 saturated carbocycles. The standard InChI is InChI=1S/C11H19N3O2S2/c1-14-6-2-3-9(14)8-13-18(15,16)11-5-4-10(7-12)17-11/h4-5,9,13H,2-3,6-8,12H2,1H3. The van der Waals surface area contributed by atoms with Crippen LogP contribution in [-0.2, 0) is 16.6 Å². The molecule has 3 N–H and O–H groups in total. The van der Waals surface area contributed by atoms with Crippen molar-refractivity contribution in [3.63, 3.8) is 0 Å². The molecule has 1 aliphatic heterocycles. The summed E-state index contributed by atoms with van der Waals surface area (Å²) in [6.07, 6.45) is 2.19. The minimum atomic E-state index is -3.37. The lowest BCUT2D eigenvalue weighted by Crippen LogP contribution is -2.37. The summed E-state index contributed by atoms with van der Waals surface area (Å²) in [4.78, 5) is 3.08. The van der Waals surface area contributed by atoms with Crippen molar-refractivity contribution >= 4 is 21.4 Å². The van der Waals surface area contributed by atoms with Gasteiger partial charge in [-0.25, -0.2) is 13.1 Å². The quantitative estimate of drug-likeness (QED) is 0.831. The molecule has 1 atom stereocenters. The number of nitrogens with one attached hydrogen (secondary N) is 1. The predicted octanol–water partition coefficient (Wildman–Crippen LogP) is 0.579. The molecule has 2 heterocycles. The van der Waals surface area contributed by atoms with Crippen LogP contribution in [-0.4, -0.2) is 39.5 Å². The molecular formula is C11H19N3O2S2. The minimum absolute atomic E-state index is 0.314. The number of likely N-dealkylation sites (N-methyl/N-ethyl adjacent to an activating group) is 1. The summed E-state index contributed by atoms with van der Waals surface area (Å²) in [6.45, 7) is 1.91. The zero-order valence-electron chi connectivity index (χ0n) is 10.4. The average molecular weight is 289 g/mol. The molecule has 1 unspecified atom stereocenters. The molecule has 0 amide bonds. The van der Waals surface area contributed by atoms with E-state index in [-0.39, 0.29) is 0 Å². The fraction of sp³-hybridized carbons (Fsp3) is 0.636. The Labute approximate surface area is 112 Å². The van der Waals surface area contributed by atoms with Gasteiger partial charge in [0.25, 0.3) is 0 Å². The number of hydrogen-bond acceptors (Lipinski definition) is 5. The van der Waals surface area contributed by atoms with E-state index in [9.17, 15) is 8.42 Å². The Kier molecular flexibility index (Phi) is 4.39. The SMILES string of the molecule is CN1CCCC1CNS(=O)(=O)c1ccc(CN)s1. The summed E-state index contributed by atoms with van der Waals surface area (Å²) in [5, 5.41) is 0. The number of rotatable bonds is 5. The van der Waals surface area contributed by atoms with Gasteiger partial charge in [-0.1, -0.05) is 0 Å². The van der Waals surface area contributed by atoms with E-state index >= 15 is 0 Å². The molecule has 7 heteroatoms. The second-order valence-electron chi connectivity index (χ2n) is 4.55. The van der Waals surface area contributed by atoms with E-state index in [1.807, 2.05) is 7.05 Å². The zero-order valence-corrected chi connectivity index (χ0v) is 12.1. The molecule has 1 aromatic rings. The second kappa shape index (κ2) is 5.66. The monoisotopic (exact) mass is 289 g/mol. The Balaban J connectivity index is 1.98. The van der Waals surface area contributed by atoms with E-state index in [2.05, 4.69) is 9.62 Å².